The third-order valence-electron chi connectivity index (χ3n) is 2.88. The van der Waals surface area contributed by atoms with E-state index in [0.29, 0.717) is 23.7 Å². The number of hydrogen-bond acceptors (Lipinski definition) is 4. The van der Waals surface area contributed by atoms with Crippen molar-refractivity contribution in [2.24, 2.45) is 0 Å². The second-order valence-corrected chi connectivity index (χ2v) is 5.11. The molecule has 0 aliphatic carbocycles. The van der Waals surface area contributed by atoms with Crippen LogP contribution in [0.3, 0.4) is 0 Å². The van der Waals surface area contributed by atoms with Crippen LogP contribution in [0.2, 0.25) is 0 Å². The molecule has 22 heavy (non-hydrogen) atoms. The number of nitrogens with one attached hydrogen (secondary N) is 2. The Bertz CT molecular complexity index is 409. The fourth-order valence-corrected chi connectivity index (χ4v) is 2.26. The molecule has 8 heteroatoms. The Labute approximate surface area is 142 Å². The highest BCUT2D eigenvalue weighted by molar-refractivity contribution is 7.80. The maximum absolute atomic E-state index is 5.30. The minimum Gasteiger partial charge on any atom is -0.349 e. The highest BCUT2D eigenvalue weighted by Gasteiger charge is 2.20. The topological polar surface area (TPSA) is 49.0 Å². The molecule has 2 N–H and O–H groups in total. The van der Waals surface area contributed by atoms with Gasteiger partial charge in [-0.3, -0.25) is 0 Å². The number of piperazine rings is 1. The van der Waals surface area contributed by atoms with E-state index in [0.717, 1.165) is 26.2 Å². The Hall–Kier alpha value is -1.58. The first kappa shape index (κ1) is 18.5. The summed E-state index contributed by atoms with van der Waals surface area (Å²) in [4.78, 5) is 4.14. The zero-order valence-electron chi connectivity index (χ0n) is 12.3. The highest BCUT2D eigenvalue weighted by atomic mass is 32.1. The third kappa shape index (κ3) is 6.92. The summed E-state index contributed by atoms with van der Waals surface area (Å²) in [7, 11) is 0. The molecule has 1 aliphatic rings. The molecule has 0 radical (unpaired) electrons. The quantitative estimate of drug-likeness (QED) is 0.292. The summed E-state index contributed by atoms with van der Waals surface area (Å²) >= 11 is 10.6. The van der Waals surface area contributed by atoms with Crippen LogP contribution in [0.5, 0.6) is 0 Å². The molecule has 0 bridgehead atoms. The van der Waals surface area contributed by atoms with Gasteiger partial charge in [0.2, 0.25) is 0 Å². The van der Waals surface area contributed by atoms with Gasteiger partial charge >= 0.3 is 0 Å². The minimum atomic E-state index is 0.269. The zero-order valence-corrected chi connectivity index (χ0v) is 14.0. The van der Waals surface area contributed by atoms with Crippen molar-refractivity contribution in [1.82, 2.24) is 20.4 Å². The van der Waals surface area contributed by atoms with Gasteiger partial charge < -0.3 is 29.9 Å². The van der Waals surface area contributed by atoms with Gasteiger partial charge in [0.05, 0.1) is 0 Å². The third-order valence-corrected chi connectivity index (χ3v) is 3.68. The van der Waals surface area contributed by atoms with E-state index in [2.05, 4.69) is 32.3 Å². The standard InChI is InChI=1S/C14H20N4O2S2/c1-3-9-19-11-15-13(21)17-5-7-18(8-6-17)14(22)16-12-20-10-4-2/h1-2H,5-12H2,(H,15,21)(H,16,22). The van der Waals surface area contributed by atoms with Crippen molar-refractivity contribution in [3.05, 3.63) is 0 Å². The fraction of sp³-hybridized carbons (Fsp3) is 0.571. The van der Waals surface area contributed by atoms with Crippen LogP contribution in [0.4, 0.5) is 0 Å². The van der Waals surface area contributed by atoms with Crippen LogP contribution in [0, 0.1) is 24.7 Å². The summed E-state index contributed by atoms with van der Waals surface area (Å²) in [6.45, 7) is 4.31. The van der Waals surface area contributed by atoms with Crippen LogP contribution in [-0.4, -0.2) is 72.9 Å². The van der Waals surface area contributed by atoms with Gasteiger partial charge in [0.1, 0.15) is 26.7 Å². The second kappa shape index (κ2) is 11.0. The average molecular weight is 340 g/mol. The van der Waals surface area contributed by atoms with E-state index in [1.807, 2.05) is 0 Å². The van der Waals surface area contributed by atoms with Gasteiger partial charge in [0.25, 0.3) is 0 Å². The maximum atomic E-state index is 5.30. The Morgan fingerprint density at radius 3 is 1.55 bits per heavy atom. The van der Waals surface area contributed by atoms with Crippen LogP contribution >= 0.6 is 24.4 Å². The Morgan fingerprint density at radius 2 is 1.23 bits per heavy atom. The number of nitrogens with zero attached hydrogens (tertiary/aromatic N) is 2. The first-order chi connectivity index (χ1) is 10.7. The lowest BCUT2D eigenvalue weighted by atomic mass is 10.3. The van der Waals surface area contributed by atoms with Crippen LogP contribution in [-0.2, 0) is 9.47 Å². The second-order valence-electron chi connectivity index (χ2n) is 4.33. The predicted molar refractivity (Wildman–Crippen MR) is 93.9 cm³/mol. The highest BCUT2D eigenvalue weighted by Crippen LogP contribution is 2.02. The monoisotopic (exact) mass is 340 g/mol. The van der Waals surface area contributed by atoms with E-state index in [1.165, 1.54) is 0 Å². The lowest BCUT2D eigenvalue weighted by Crippen LogP contribution is -2.55. The van der Waals surface area contributed by atoms with E-state index in [4.69, 9.17) is 46.8 Å². The molecule has 1 aliphatic heterocycles. The van der Waals surface area contributed by atoms with Crippen molar-refractivity contribution in [2.45, 2.75) is 0 Å². The molecule has 0 aromatic heterocycles. The largest absolute Gasteiger partial charge is 0.349 e. The first-order valence-electron chi connectivity index (χ1n) is 6.77. The molecule has 120 valence electrons. The first-order valence-corrected chi connectivity index (χ1v) is 7.58. The molecule has 0 spiro atoms. The molecule has 0 saturated carbocycles. The number of hydrogen-bond donors (Lipinski definition) is 2. The van der Waals surface area contributed by atoms with Crippen molar-refractivity contribution in [2.75, 3.05) is 52.9 Å². The number of ether oxygens (including phenoxy) is 2. The molecular weight excluding hydrogens is 320 g/mol. The van der Waals surface area contributed by atoms with Gasteiger partial charge in [0, 0.05) is 26.2 Å². The predicted octanol–water partition coefficient (Wildman–Crippen LogP) is -0.432. The van der Waals surface area contributed by atoms with Crippen LogP contribution < -0.4 is 10.6 Å². The van der Waals surface area contributed by atoms with E-state index in [1.54, 1.807) is 0 Å². The van der Waals surface area contributed by atoms with Gasteiger partial charge in [-0.2, -0.15) is 0 Å². The van der Waals surface area contributed by atoms with Crippen LogP contribution in [0.1, 0.15) is 0 Å². The minimum absolute atomic E-state index is 0.269. The van der Waals surface area contributed by atoms with Gasteiger partial charge in [-0.15, -0.1) is 12.8 Å². The number of terminal acetylenes is 2. The molecular formula is C14H20N4O2S2. The molecule has 1 heterocycles. The van der Waals surface area contributed by atoms with Crippen molar-refractivity contribution < 1.29 is 9.47 Å². The average Bonchev–Trinajstić information content (AvgIpc) is 2.55. The van der Waals surface area contributed by atoms with E-state index in [9.17, 15) is 0 Å². The molecule has 0 unspecified atom stereocenters. The lowest BCUT2D eigenvalue weighted by Gasteiger charge is -2.37. The Kier molecular flexibility index (Phi) is 9.28. The molecule has 0 aromatic rings. The Balaban J connectivity index is 2.19. The van der Waals surface area contributed by atoms with Gasteiger partial charge in [-0.05, 0) is 24.4 Å². The van der Waals surface area contributed by atoms with Crippen molar-refractivity contribution in [1.29, 1.82) is 0 Å². The van der Waals surface area contributed by atoms with Gasteiger partial charge in [0.15, 0.2) is 10.2 Å². The number of rotatable bonds is 6. The summed E-state index contributed by atoms with van der Waals surface area (Å²) in [5.74, 6) is 4.79. The SMILES string of the molecule is C#CCOCNC(=S)N1CCN(C(=S)NCOCC#C)CC1. The van der Waals surface area contributed by atoms with E-state index < -0.39 is 0 Å². The maximum Gasteiger partial charge on any atom is 0.170 e. The molecule has 0 atom stereocenters. The fourth-order valence-electron chi connectivity index (χ4n) is 1.78. The summed E-state index contributed by atoms with van der Waals surface area (Å²) in [6.07, 6.45) is 10.2. The molecule has 1 saturated heterocycles. The molecule has 0 amide bonds. The zero-order chi connectivity index (χ0) is 16.2. The molecule has 0 aromatic carbocycles. The summed E-state index contributed by atoms with van der Waals surface area (Å²) in [5, 5.41) is 7.35. The van der Waals surface area contributed by atoms with Gasteiger partial charge in [-0.1, -0.05) is 11.8 Å². The number of thiocarbonyl (C=S) groups is 2. The smallest absolute Gasteiger partial charge is 0.170 e. The lowest BCUT2D eigenvalue weighted by molar-refractivity contribution is 0.152. The van der Waals surface area contributed by atoms with Crippen molar-refractivity contribution in [3.8, 4) is 24.7 Å². The van der Waals surface area contributed by atoms with Crippen LogP contribution in [0.25, 0.3) is 0 Å². The van der Waals surface area contributed by atoms with E-state index in [-0.39, 0.29) is 13.2 Å². The van der Waals surface area contributed by atoms with Crippen LogP contribution in [0.15, 0.2) is 0 Å². The van der Waals surface area contributed by atoms with Crippen molar-refractivity contribution in [3.63, 3.8) is 0 Å². The Morgan fingerprint density at radius 1 is 0.864 bits per heavy atom. The van der Waals surface area contributed by atoms with Crippen molar-refractivity contribution >= 4 is 34.7 Å². The summed E-state index contributed by atoms with van der Waals surface area (Å²) in [6, 6.07) is 0. The molecule has 1 rings (SSSR count). The molecule has 1 fully saturated rings. The van der Waals surface area contributed by atoms with E-state index >= 15 is 0 Å². The van der Waals surface area contributed by atoms with Gasteiger partial charge in [-0.25, -0.2) is 0 Å². The molecule has 6 nitrogen and oxygen atoms in total. The summed E-state index contributed by atoms with van der Waals surface area (Å²) in [5.41, 5.74) is 0. The normalized spacial score (nSPS) is 13.9. The summed E-state index contributed by atoms with van der Waals surface area (Å²) < 4.78 is 10.3.